The molecule has 0 aliphatic heterocycles. The molecule has 0 fully saturated rings. The van der Waals surface area contributed by atoms with Gasteiger partial charge in [-0.1, -0.05) is 6.58 Å². The lowest BCUT2D eigenvalue weighted by Gasteiger charge is -2.26. The summed E-state index contributed by atoms with van der Waals surface area (Å²) in [6.45, 7) is 5.06. The lowest BCUT2D eigenvalue weighted by molar-refractivity contribution is -0.141. The third-order valence-corrected chi connectivity index (χ3v) is 4.90. The van der Waals surface area contributed by atoms with Gasteiger partial charge in [0, 0.05) is 27.4 Å². The molecule has 0 N–H and O–H groups in total. The van der Waals surface area contributed by atoms with Crippen LogP contribution in [0.1, 0.15) is 6.92 Å². The van der Waals surface area contributed by atoms with E-state index in [-0.39, 0.29) is 6.10 Å². The van der Waals surface area contributed by atoms with Crippen molar-refractivity contribution >= 4 is 14.8 Å². The third-order valence-electron chi connectivity index (χ3n) is 1.95. The van der Waals surface area contributed by atoms with Crippen LogP contribution in [-0.4, -0.2) is 42.2 Å². The third kappa shape index (κ3) is 4.56. The Balaban J connectivity index is 4.28. The second kappa shape index (κ2) is 6.73. The number of rotatable bonds is 7. The number of hydrogen-bond acceptors (Lipinski definition) is 5. The van der Waals surface area contributed by atoms with Gasteiger partial charge < -0.3 is 18.0 Å². The summed E-state index contributed by atoms with van der Waals surface area (Å²) in [4.78, 5) is 10.9. The van der Waals surface area contributed by atoms with Crippen LogP contribution in [0.5, 0.6) is 0 Å². The van der Waals surface area contributed by atoms with E-state index < -0.39 is 14.8 Å². The van der Waals surface area contributed by atoms with Gasteiger partial charge in [-0.25, -0.2) is 4.79 Å². The molecule has 1 atom stereocenters. The van der Waals surface area contributed by atoms with Crippen LogP contribution in [0.15, 0.2) is 12.7 Å². The van der Waals surface area contributed by atoms with E-state index in [1.165, 1.54) is 21.3 Å². The minimum Gasteiger partial charge on any atom is -0.460 e. The predicted molar refractivity (Wildman–Crippen MR) is 57.3 cm³/mol. The zero-order chi connectivity index (χ0) is 11.9. The lowest BCUT2D eigenvalue weighted by Crippen LogP contribution is -2.45. The SMILES string of the molecule is C=CC(=O)OC(C)C[Si](OC)(OC)OC. The van der Waals surface area contributed by atoms with E-state index in [2.05, 4.69) is 6.58 Å². The Hall–Kier alpha value is -0.693. The molecule has 0 spiro atoms. The van der Waals surface area contributed by atoms with Crippen molar-refractivity contribution in [2.24, 2.45) is 0 Å². The smallest absolute Gasteiger partial charge is 0.460 e. The highest BCUT2D eigenvalue weighted by Gasteiger charge is 2.40. The van der Waals surface area contributed by atoms with E-state index in [0.29, 0.717) is 6.04 Å². The first kappa shape index (κ1) is 14.3. The van der Waals surface area contributed by atoms with Gasteiger partial charge >= 0.3 is 14.8 Å². The van der Waals surface area contributed by atoms with Crippen LogP contribution >= 0.6 is 0 Å². The van der Waals surface area contributed by atoms with E-state index in [4.69, 9.17) is 18.0 Å². The number of ether oxygens (including phenoxy) is 1. The quantitative estimate of drug-likeness (QED) is 0.373. The molecule has 0 radical (unpaired) electrons. The molecule has 88 valence electrons. The van der Waals surface area contributed by atoms with Gasteiger partial charge in [-0.05, 0) is 6.92 Å². The van der Waals surface area contributed by atoms with Gasteiger partial charge in [0.05, 0.1) is 6.04 Å². The van der Waals surface area contributed by atoms with E-state index >= 15 is 0 Å². The molecular weight excluding hydrogens is 216 g/mol. The number of carbonyl (C=O) groups is 1. The van der Waals surface area contributed by atoms with Gasteiger partial charge in [0.2, 0.25) is 0 Å². The lowest BCUT2D eigenvalue weighted by atomic mass is 10.5. The largest absolute Gasteiger partial charge is 0.503 e. The molecule has 0 amide bonds. The van der Waals surface area contributed by atoms with Crippen molar-refractivity contribution in [3.05, 3.63) is 12.7 Å². The molecule has 5 nitrogen and oxygen atoms in total. The second-order valence-electron chi connectivity index (χ2n) is 2.95. The fourth-order valence-corrected chi connectivity index (χ4v) is 2.93. The number of hydrogen-bond donors (Lipinski definition) is 0. The van der Waals surface area contributed by atoms with Gasteiger partial charge in [0.1, 0.15) is 6.10 Å². The van der Waals surface area contributed by atoms with Crippen LogP contribution in [0.4, 0.5) is 0 Å². The summed E-state index contributed by atoms with van der Waals surface area (Å²) in [6.07, 6.45) is 0.786. The molecular formula is C9H18O5Si. The Bertz CT molecular complexity index is 206. The molecule has 0 aromatic carbocycles. The zero-order valence-electron chi connectivity index (χ0n) is 9.61. The molecule has 0 aliphatic carbocycles. The highest BCUT2D eigenvalue weighted by molar-refractivity contribution is 6.60. The summed E-state index contributed by atoms with van der Waals surface area (Å²) >= 11 is 0. The van der Waals surface area contributed by atoms with Crippen molar-refractivity contribution in [2.75, 3.05) is 21.3 Å². The first-order chi connectivity index (χ1) is 7.03. The van der Waals surface area contributed by atoms with Crippen molar-refractivity contribution < 1.29 is 22.8 Å². The monoisotopic (exact) mass is 234 g/mol. The summed E-state index contributed by atoms with van der Waals surface area (Å²) in [7, 11) is 1.87. The van der Waals surface area contributed by atoms with E-state index in [1.54, 1.807) is 6.92 Å². The zero-order valence-corrected chi connectivity index (χ0v) is 10.6. The van der Waals surface area contributed by atoms with Crippen LogP contribution in [0.3, 0.4) is 0 Å². The number of carbonyl (C=O) groups excluding carboxylic acids is 1. The van der Waals surface area contributed by atoms with Crippen LogP contribution in [0.25, 0.3) is 0 Å². The van der Waals surface area contributed by atoms with Gasteiger partial charge in [-0.15, -0.1) is 0 Å². The van der Waals surface area contributed by atoms with Gasteiger partial charge in [-0.3, -0.25) is 0 Å². The minimum atomic E-state index is -2.67. The summed E-state index contributed by atoms with van der Waals surface area (Å²) in [6, 6.07) is 0.413. The summed E-state index contributed by atoms with van der Waals surface area (Å²) < 4.78 is 20.6. The van der Waals surface area contributed by atoms with Crippen LogP contribution in [0, 0.1) is 0 Å². The van der Waals surface area contributed by atoms with Crippen molar-refractivity contribution in [1.29, 1.82) is 0 Å². The fraction of sp³-hybridized carbons (Fsp3) is 0.667. The molecule has 1 unspecified atom stereocenters. The Morgan fingerprint density at radius 1 is 1.33 bits per heavy atom. The normalized spacial score (nSPS) is 13.3. The van der Waals surface area contributed by atoms with Crippen molar-refractivity contribution in [1.82, 2.24) is 0 Å². The maximum absolute atomic E-state index is 10.9. The molecule has 0 aliphatic rings. The molecule has 0 aromatic rings. The summed E-state index contributed by atoms with van der Waals surface area (Å²) in [5.41, 5.74) is 0. The molecule has 0 rings (SSSR count). The molecule has 15 heavy (non-hydrogen) atoms. The second-order valence-corrected chi connectivity index (χ2v) is 5.95. The first-order valence-electron chi connectivity index (χ1n) is 4.52. The predicted octanol–water partition coefficient (Wildman–Crippen LogP) is 0.982. The Morgan fingerprint density at radius 3 is 2.13 bits per heavy atom. The number of esters is 1. The molecule has 0 bridgehead atoms. The van der Waals surface area contributed by atoms with Crippen LogP contribution in [0.2, 0.25) is 6.04 Å². The molecule has 0 saturated carbocycles. The molecule has 0 heterocycles. The van der Waals surface area contributed by atoms with Crippen molar-refractivity contribution in [3.8, 4) is 0 Å². The van der Waals surface area contributed by atoms with Crippen molar-refractivity contribution in [2.45, 2.75) is 19.1 Å². The highest BCUT2D eigenvalue weighted by Crippen LogP contribution is 2.17. The summed E-state index contributed by atoms with van der Waals surface area (Å²) in [5, 5.41) is 0. The first-order valence-corrected chi connectivity index (χ1v) is 6.45. The topological polar surface area (TPSA) is 54.0 Å². The van der Waals surface area contributed by atoms with Crippen molar-refractivity contribution in [3.63, 3.8) is 0 Å². The van der Waals surface area contributed by atoms with E-state index in [0.717, 1.165) is 6.08 Å². The van der Waals surface area contributed by atoms with E-state index in [9.17, 15) is 4.79 Å². The Kier molecular flexibility index (Phi) is 6.42. The van der Waals surface area contributed by atoms with Gasteiger partial charge in [-0.2, -0.15) is 0 Å². The average Bonchev–Trinajstić information content (AvgIpc) is 2.26. The van der Waals surface area contributed by atoms with Crippen LogP contribution in [-0.2, 0) is 22.8 Å². The Morgan fingerprint density at radius 2 is 1.80 bits per heavy atom. The Labute approximate surface area is 91.3 Å². The maximum Gasteiger partial charge on any atom is 0.503 e. The van der Waals surface area contributed by atoms with E-state index in [1.807, 2.05) is 0 Å². The standard InChI is InChI=1S/C9H18O5Si/c1-6-9(10)14-8(2)7-15(11-3,12-4)13-5/h6,8H,1,7H2,2-5H3. The molecule has 0 aromatic heterocycles. The average molecular weight is 234 g/mol. The maximum atomic E-state index is 10.9. The summed E-state index contributed by atoms with van der Waals surface area (Å²) in [5.74, 6) is -0.464. The van der Waals surface area contributed by atoms with Crippen LogP contribution < -0.4 is 0 Å². The fourth-order valence-electron chi connectivity index (χ4n) is 1.14. The van der Waals surface area contributed by atoms with Gasteiger partial charge in [0.25, 0.3) is 0 Å². The highest BCUT2D eigenvalue weighted by atomic mass is 28.4. The molecule has 0 saturated heterocycles. The molecule has 6 heteroatoms. The minimum absolute atomic E-state index is 0.331. The van der Waals surface area contributed by atoms with Gasteiger partial charge in [0.15, 0.2) is 0 Å².